The molecule has 7 nitrogen and oxygen atoms in total. The number of thioether (sulfide) groups is 1. The minimum atomic E-state index is -0.478. The van der Waals surface area contributed by atoms with Crippen LogP contribution in [-0.2, 0) is 11.2 Å². The fraction of sp³-hybridized carbons (Fsp3) is 0.667. The van der Waals surface area contributed by atoms with Crippen LogP contribution in [0.5, 0.6) is 0 Å². The normalized spacial score (nSPS) is 19.2. The van der Waals surface area contributed by atoms with Crippen molar-refractivity contribution >= 4 is 29.4 Å². The highest BCUT2D eigenvalue weighted by Gasteiger charge is 2.30. The molecule has 2 rings (SSSR count). The zero-order chi connectivity index (χ0) is 17.4. The number of ether oxygens (including phenoxy) is 1. The van der Waals surface area contributed by atoms with E-state index in [4.69, 9.17) is 4.74 Å². The SMILES string of the molecule is CC[C@H](O)/C=C/[C@H]1COC(=O)N1CCSCCCc1nsc(=O)[nH]1. The largest absolute Gasteiger partial charge is 0.447 e. The summed E-state index contributed by atoms with van der Waals surface area (Å²) < 4.78 is 9.11. The first kappa shape index (κ1) is 19.0. The fourth-order valence-corrected chi connectivity index (χ4v) is 3.62. The molecule has 1 aromatic heterocycles. The molecule has 0 unspecified atom stereocenters. The average Bonchev–Trinajstić information content (AvgIpc) is 3.14. The molecule has 0 aromatic carbocycles. The molecule has 1 amide bonds. The summed E-state index contributed by atoms with van der Waals surface area (Å²) in [5.41, 5.74) is 0. The second-order valence-corrected chi connectivity index (χ2v) is 7.42. The Morgan fingerprint density at radius 2 is 2.38 bits per heavy atom. The van der Waals surface area contributed by atoms with E-state index in [1.807, 2.05) is 13.0 Å². The third-order valence-electron chi connectivity index (χ3n) is 3.65. The molecule has 1 saturated heterocycles. The molecule has 0 radical (unpaired) electrons. The van der Waals surface area contributed by atoms with Gasteiger partial charge in [-0.1, -0.05) is 19.1 Å². The number of aliphatic hydroxyl groups excluding tert-OH is 1. The third kappa shape index (κ3) is 5.95. The number of amides is 1. The van der Waals surface area contributed by atoms with Gasteiger partial charge in [0.05, 0.1) is 12.1 Å². The Labute approximate surface area is 149 Å². The Hall–Kier alpha value is -1.32. The van der Waals surface area contributed by atoms with E-state index in [1.54, 1.807) is 22.7 Å². The molecular weight excluding hydrogens is 350 g/mol. The van der Waals surface area contributed by atoms with Crippen molar-refractivity contribution in [3.05, 3.63) is 27.6 Å². The Kier molecular flexibility index (Phi) is 7.80. The van der Waals surface area contributed by atoms with Crippen LogP contribution in [0.1, 0.15) is 25.6 Å². The van der Waals surface area contributed by atoms with Gasteiger partial charge in [0.2, 0.25) is 0 Å². The van der Waals surface area contributed by atoms with Crippen LogP contribution in [0, 0.1) is 0 Å². The van der Waals surface area contributed by atoms with E-state index in [0.29, 0.717) is 19.6 Å². The molecule has 1 aromatic rings. The molecule has 0 saturated carbocycles. The minimum Gasteiger partial charge on any atom is -0.447 e. The van der Waals surface area contributed by atoms with Crippen LogP contribution in [0.3, 0.4) is 0 Å². The van der Waals surface area contributed by atoms with E-state index in [-0.39, 0.29) is 17.0 Å². The van der Waals surface area contributed by atoms with Gasteiger partial charge in [0.1, 0.15) is 12.4 Å². The van der Waals surface area contributed by atoms with Gasteiger partial charge >= 0.3 is 11.0 Å². The number of aromatic amines is 1. The van der Waals surface area contributed by atoms with Gasteiger partial charge in [-0.3, -0.25) is 14.7 Å². The van der Waals surface area contributed by atoms with E-state index in [2.05, 4.69) is 9.36 Å². The summed E-state index contributed by atoms with van der Waals surface area (Å²) in [7, 11) is 0. The van der Waals surface area contributed by atoms with Crippen molar-refractivity contribution in [3.8, 4) is 0 Å². The molecular formula is C15H23N3O4S2. The van der Waals surface area contributed by atoms with Crippen LogP contribution < -0.4 is 4.87 Å². The number of nitrogens with zero attached hydrogens (tertiary/aromatic N) is 2. The summed E-state index contributed by atoms with van der Waals surface area (Å²) in [6.45, 7) is 2.86. The first-order valence-corrected chi connectivity index (χ1v) is 9.95. The predicted molar refractivity (Wildman–Crippen MR) is 95.7 cm³/mol. The maximum absolute atomic E-state index is 11.8. The summed E-state index contributed by atoms with van der Waals surface area (Å²) in [4.78, 5) is 27.0. The summed E-state index contributed by atoms with van der Waals surface area (Å²) in [6, 6.07) is -0.0978. The number of nitrogens with one attached hydrogen (secondary N) is 1. The lowest BCUT2D eigenvalue weighted by atomic mass is 10.2. The quantitative estimate of drug-likeness (QED) is 0.478. The third-order valence-corrected chi connectivity index (χ3v) is 5.28. The Bertz CT molecular complexity index is 602. The molecule has 0 bridgehead atoms. The van der Waals surface area contributed by atoms with Gasteiger partial charge in [-0.2, -0.15) is 16.1 Å². The number of rotatable bonds is 10. The Balaban J connectivity index is 1.65. The van der Waals surface area contributed by atoms with Crippen molar-refractivity contribution in [1.29, 1.82) is 0 Å². The summed E-state index contributed by atoms with van der Waals surface area (Å²) in [6.07, 6.45) is 5.14. The predicted octanol–water partition coefficient (Wildman–Crippen LogP) is 1.65. The highest BCUT2D eigenvalue weighted by atomic mass is 32.2. The standard InChI is InChI=1S/C15H23N3O4S2/c1-2-12(19)6-5-11-10-22-15(21)18(11)7-9-23-8-3-4-13-16-14(20)24-17-13/h5-6,11-12,19H,2-4,7-10H2,1H3,(H,16,17,20)/b6-5+/t11-,12-/m0/s1. The molecule has 1 aliphatic rings. The molecule has 2 atom stereocenters. The number of cyclic esters (lactones) is 1. The van der Waals surface area contributed by atoms with Crippen molar-refractivity contribution in [2.24, 2.45) is 0 Å². The second kappa shape index (κ2) is 9.85. The molecule has 24 heavy (non-hydrogen) atoms. The van der Waals surface area contributed by atoms with Crippen LogP contribution in [0.2, 0.25) is 0 Å². The zero-order valence-corrected chi connectivity index (χ0v) is 15.3. The van der Waals surface area contributed by atoms with Crippen molar-refractivity contribution in [2.45, 2.75) is 38.3 Å². The lowest BCUT2D eigenvalue weighted by molar-refractivity contribution is 0.159. The molecule has 2 N–H and O–H groups in total. The lowest BCUT2D eigenvalue weighted by Gasteiger charge is -2.18. The van der Waals surface area contributed by atoms with Gasteiger partial charge in [0, 0.05) is 30.3 Å². The van der Waals surface area contributed by atoms with Crippen molar-refractivity contribution < 1.29 is 14.6 Å². The Morgan fingerprint density at radius 1 is 1.54 bits per heavy atom. The highest BCUT2D eigenvalue weighted by molar-refractivity contribution is 7.99. The zero-order valence-electron chi connectivity index (χ0n) is 13.6. The van der Waals surface area contributed by atoms with E-state index >= 15 is 0 Å². The molecule has 9 heteroatoms. The van der Waals surface area contributed by atoms with E-state index in [9.17, 15) is 14.7 Å². The molecule has 0 aliphatic carbocycles. The van der Waals surface area contributed by atoms with Gasteiger partial charge < -0.3 is 9.84 Å². The number of aryl methyl sites for hydroxylation is 1. The van der Waals surface area contributed by atoms with E-state index in [0.717, 1.165) is 41.7 Å². The molecule has 1 aliphatic heterocycles. The van der Waals surface area contributed by atoms with Gasteiger partial charge in [0.15, 0.2) is 0 Å². The summed E-state index contributed by atoms with van der Waals surface area (Å²) >= 11 is 2.71. The number of hydrogen-bond donors (Lipinski definition) is 2. The minimum absolute atomic E-state index is 0.0978. The molecule has 134 valence electrons. The van der Waals surface area contributed by atoms with Crippen molar-refractivity contribution in [3.63, 3.8) is 0 Å². The summed E-state index contributed by atoms with van der Waals surface area (Å²) in [5.74, 6) is 2.51. The number of hydrogen-bond acceptors (Lipinski definition) is 7. The van der Waals surface area contributed by atoms with Crippen LogP contribution in [0.15, 0.2) is 16.9 Å². The first-order valence-electron chi connectivity index (χ1n) is 8.02. The van der Waals surface area contributed by atoms with Gasteiger partial charge in [-0.05, 0) is 18.6 Å². The van der Waals surface area contributed by atoms with Crippen molar-refractivity contribution in [2.75, 3.05) is 24.7 Å². The lowest BCUT2D eigenvalue weighted by Crippen LogP contribution is -2.34. The van der Waals surface area contributed by atoms with E-state index in [1.165, 1.54) is 0 Å². The average molecular weight is 374 g/mol. The topological polar surface area (TPSA) is 95.5 Å². The fourth-order valence-electron chi connectivity index (χ4n) is 2.25. The van der Waals surface area contributed by atoms with Gasteiger partial charge in [0.25, 0.3) is 0 Å². The molecule has 1 fully saturated rings. The monoisotopic (exact) mass is 373 g/mol. The number of carbonyl (C=O) groups is 1. The second-order valence-electron chi connectivity index (χ2n) is 5.46. The number of aliphatic hydroxyl groups is 1. The highest BCUT2D eigenvalue weighted by Crippen LogP contribution is 2.16. The molecule has 2 heterocycles. The smallest absolute Gasteiger partial charge is 0.410 e. The van der Waals surface area contributed by atoms with Crippen LogP contribution >= 0.6 is 23.3 Å². The number of aromatic nitrogens is 2. The number of carbonyl (C=O) groups excluding carboxylic acids is 1. The first-order chi connectivity index (χ1) is 11.6. The van der Waals surface area contributed by atoms with Crippen molar-refractivity contribution in [1.82, 2.24) is 14.3 Å². The molecule has 0 spiro atoms. The summed E-state index contributed by atoms with van der Waals surface area (Å²) in [5, 5.41) is 9.58. The maximum Gasteiger partial charge on any atom is 0.410 e. The Morgan fingerprint density at radius 3 is 3.08 bits per heavy atom. The van der Waals surface area contributed by atoms with Gasteiger partial charge in [-0.15, -0.1) is 0 Å². The van der Waals surface area contributed by atoms with Crippen LogP contribution in [0.25, 0.3) is 0 Å². The number of H-pyrrole nitrogens is 1. The van der Waals surface area contributed by atoms with E-state index < -0.39 is 6.10 Å². The van der Waals surface area contributed by atoms with Crippen LogP contribution in [0.4, 0.5) is 4.79 Å². The maximum atomic E-state index is 11.8. The van der Waals surface area contributed by atoms with Gasteiger partial charge in [-0.25, -0.2) is 4.79 Å². The van der Waals surface area contributed by atoms with Crippen LogP contribution in [-0.4, -0.2) is 62.3 Å².